The molecule has 0 aromatic heterocycles. The molecular weight excluding hydrogens is 257 g/mol. The van der Waals surface area contributed by atoms with Crippen LogP contribution >= 0.6 is 0 Å². The average Bonchev–Trinajstić information content (AvgIpc) is 2.37. The van der Waals surface area contributed by atoms with Gasteiger partial charge in [-0.25, -0.2) is 13.2 Å². The van der Waals surface area contributed by atoms with Gasteiger partial charge in [-0.2, -0.15) is 0 Å². The van der Waals surface area contributed by atoms with E-state index < -0.39 is 29.8 Å². The van der Waals surface area contributed by atoms with Gasteiger partial charge in [0.2, 0.25) is 0 Å². The van der Waals surface area contributed by atoms with Crippen molar-refractivity contribution in [2.45, 2.75) is 13.5 Å². The minimum Gasteiger partial charge on any atom is -0.451 e. The maximum atomic E-state index is 13.6. The topological polar surface area (TPSA) is 29.5 Å². The Morgan fingerprint density at radius 2 is 1.68 bits per heavy atom. The number of benzene rings is 2. The number of halogens is 3. The summed E-state index contributed by atoms with van der Waals surface area (Å²) in [6, 6.07) is 5.65. The van der Waals surface area contributed by atoms with Gasteiger partial charge >= 0.3 is 0 Å². The van der Waals surface area contributed by atoms with Crippen LogP contribution in [0.15, 0.2) is 30.3 Å². The molecule has 0 saturated carbocycles. The van der Waals surface area contributed by atoms with Gasteiger partial charge in [0, 0.05) is 6.07 Å². The molecule has 0 unspecified atom stereocenters. The van der Waals surface area contributed by atoms with E-state index in [1.165, 1.54) is 12.1 Å². The lowest BCUT2D eigenvalue weighted by Crippen LogP contribution is -1.97. The van der Waals surface area contributed by atoms with Gasteiger partial charge in [0.1, 0.15) is 11.6 Å². The van der Waals surface area contributed by atoms with Gasteiger partial charge in [-0.05, 0) is 36.2 Å². The molecule has 0 fully saturated rings. The number of aryl methyl sites for hydroxylation is 1. The fraction of sp³-hybridized carbons (Fsp3) is 0.143. The molecule has 2 aromatic rings. The second-order valence-corrected chi connectivity index (χ2v) is 4.06. The summed E-state index contributed by atoms with van der Waals surface area (Å²) in [6.07, 6.45) is 0. The van der Waals surface area contributed by atoms with Crippen molar-refractivity contribution in [3.63, 3.8) is 0 Å². The minimum absolute atomic E-state index is 0.0366. The highest BCUT2D eigenvalue weighted by Crippen LogP contribution is 2.31. The van der Waals surface area contributed by atoms with Crippen molar-refractivity contribution in [2.24, 2.45) is 0 Å². The van der Waals surface area contributed by atoms with Crippen LogP contribution in [0, 0.1) is 24.4 Å². The maximum Gasteiger partial charge on any atom is 0.198 e. The Kier molecular flexibility index (Phi) is 3.76. The Hall–Kier alpha value is -2.01. The van der Waals surface area contributed by atoms with E-state index in [0.717, 1.165) is 18.2 Å². The molecule has 2 rings (SSSR count). The van der Waals surface area contributed by atoms with Crippen LogP contribution in [0.1, 0.15) is 11.1 Å². The fourth-order valence-electron chi connectivity index (χ4n) is 1.60. The van der Waals surface area contributed by atoms with Gasteiger partial charge < -0.3 is 9.84 Å². The van der Waals surface area contributed by atoms with E-state index in [1.54, 1.807) is 6.92 Å². The number of hydrogen-bond acceptors (Lipinski definition) is 2. The van der Waals surface area contributed by atoms with Gasteiger partial charge in [-0.15, -0.1) is 0 Å². The Morgan fingerprint density at radius 3 is 2.26 bits per heavy atom. The van der Waals surface area contributed by atoms with E-state index in [-0.39, 0.29) is 11.3 Å². The second-order valence-electron chi connectivity index (χ2n) is 4.06. The lowest BCUT2D eigenvalue weighted by Gasteiger charge is -2.11. The monoisotopic (exact) mass is 268 g/mol. The van der Waals surface area contributed by atoms with Crippen LogP contribution in [0.3, 0.4) is 0 Å². The smallest absolute Gasteiger partial charge is 0.198 e. The van der Waals surface area contributed by atoms with Gasteiger partial charge in [0.05, 0.1) is 6.61 Å². The lowest BCUT2D eigenvalue weighted by atomic mass is 10.2. The molecule has 0 spiro atoms. The number of aliphatic hydroxyl groups excluding tert-OH is 1. The summed E-state index contributed by atoms with van der Waals surface area (Å²) >= 11 is 0. The zero-order valence-corrected chi connectivity index (χ0v) is 10.1. The van der Waals surface area contributed by atoms with Crippen molar-refractivity contribution in [3.8, 4) is 11.5 Å². The van der Waals surface area contributed by atoms with Crippen LogP contribution in [-0.4, -0.2) is 5.11 Å². The SMILES string of the molecule is Cc1ccc(F)cc1Oc1c(F)cc(CO)cc1F. The van der Waals surface area contributed by atoms with E-state index in [9.17, 15) is 13.2 Å². The Bertz CT molecular complexity index is 589. The fourth-order valence-corrected chi connectivity index (χ4v) is 1.60. The first kappa shape index (κ1) is 13.4. The third-order valence-electron chi connectivity index (χ3n) is 2.60. The molecule has 0 saturated heterocycles. The quantitative estimate of drug-likeness (QED) is 0.919. The molecular formula is C14H11F3O2. The summed E-state index contributed by atoms with van der Waals surface area (Å²) in [5, 5.41) is 8.82. The van der Waals surface area contributed by atoms with E-state index >= 15 is 0 Å². The third kappa shape index (κ3) is 2.88. The number of rotatable bonds is 3. The zero-order valence-electron chi connectivity index (χ0n) is 10.1. The van der Waals surface area contributed by atoms with Crippen LogP contribution in [0.4, 0.5) is 13.2 Å². The number of hydrogen-bond donors (Lipinski definition) is 1. The summed E-state index contributed by atoms with van der Waals surface area (Å²) in [7, 11) is 0. The largest absolute Gasteiger partial charge is 0.451 e. The number of ether oxygens (including phenoxy) is 1. The van der Waals surface area contributed by atoms with E-state index in [4.69, 9.17) is 9.84 Å². The molecule has 0 heterocycles. The van der Waals surface area contributed by atoms with E-state index in [0.29, 0.717) is 5.56 Å². The first-order chi connectivity index (χ1) is 9.01. The Morgan fingerprint density at radius 1 is 1.05 bits per heavy atom. The molecule has 0 amide bonds. The molecule has 2 nitrogen and oxygen atoms in total. The molecule has 0 bridgehead atoms. The predicted molar refractivity (Wildman–Crippen MR) is 63.5 cm³/mol. The van der Waals surface area contributed by atoms with Gasteiger partial charge in [0.25, 0.3) is 0 Å². The molecule has 0 aliphatic rings. The molecule has 0 radical (unpaired) electrons. The molecule has 100 valence electrons. The molecule has 0 atom stereocenters. The highest BCUT2D eigenvalue weighted by atomic mass is 19.1. The van der Waals surface area contributed by atoms with E-state index in [1.807, 2.05) is 0 Å². The second kappa shape index (κ2) is 5.32. The predicted octanol–water partition coefficient (Wildman–Crippen LogP) is 3.70. The average molecular weight is 268 g/mol. The van der Waals surface area contributed by atoms with Crippen LogP contribution in [0.25, 0.3) is 0 Å². The molecule has 19 heavy (non-hydrogen) atoms. The minimum atomic E-state index is -0.951. The van der Waals surface area contributed by atoms with E-state index in [2.05, 4.69) is 0 Å². The normalized spacial score (nSPS) is 10.6. The highest BCUT2D eigenvalue weighted by molar-refractivity contribution is 5.39. The molecule has 0 aliphatic carbocycles. The standard InChI is InChI=1S/C14H11F3O2/c1-8-2-3-10(15)6-13(8)19-14-11(16)4-9(7-18)5-12(14)17/h2-6,18H,7H2,1H3. The Labute approximate surface area is 108 Å². The van der Waals surface area contributed by atoms with Crippen molar-refractivity contribution in [3.05, 3.63) is 58.9 Å². The summed E-state index contributed by atoms with van der Waals surface area (Å²) in [6.45, 7) is 1.15. The van der Waals surface area contributed by atoms with Crippen LogP contribution in [0.2, 0.25) is 0 Å². The first-order valence-electron chi connectivity index (χ1n) is 5.54. The molecule has 2 aromatic carbocycles. The van der Waals surface area contributed by atoms with Gasteiger partial charge in [-0.3, -0.25) is 0 Å². The van der Waals surface area contributed by atoms with Crippen molar-refractivity contribution < 1.29 is 23.0 Å². The summed E-state index contributed by atoms with van der Waals surface area (Å²) in [5.74, 6) is -3.05. The van der Waals surface area contributed by atoms with Crippen LogP contribution in [-0.2, 0) is 6.61 Å². The van der Waals surface area contributed by atoms with Gasteiger partial charge in [-0.1, -0.05) is 6.07 Å². The molecule has 1 N–H and O–H groups in total. The Balaban J connectivity index is 2.41. The zero-order chi connectivity index (χ0) is 14.0. The molecule has 0 aliphatic heterocycles. The van der Waals surface area contributed by atoms with Crippen LogP contribution < -0.4 is 4.74 Å². The van der Waals surface area contributed by atoms with Crippen molar-refractivity contribution >= 4 is 0 Å². The summed E-state index contributed by atoms with van der Waals surface area (Å²) in [5.41, 5.74) is 0.643. The lowest BCUT2D eigenvalue weighted by molar-refractivity contribution is 0.279. The molecule has 5 heteroatoms. The van der Waals surface area contributed by atoms with Crippen LogP contribution in [0.5, 0.6) is 11.5 Å². The van der Waals surface area contributed by atoms with Gasteiger partial charge in [0.15, 0.2) is 17.4 Å². The van der Waals surface area contributed by atoms with Crippen molar-refractivity contribution in [1.29, 1.82) is 0 Å². The number of aliphatic hydroxyl groups is 1. The third-order valence-corrected chi connectivity index (χ3v) is 2.60. The van der Waals surface area contributed by atoms with Crippen molar-refractivity contribution in [1.82, 2.24) is 0 Å². The first-order valence-corrected chi connectivity index (χ1v) is 5.54. The van der Waals surface area contributed by atoms with Crippen molar-refractivity contribution in [2.75, 3.05) is 0 Å². The maximum absolute atomic E-state index is 13.6. The summed E-state index contributed by atoms with van der Waals surface area (Å²) < 4.78 is 45.4. The highest BCUT2D eigenvalue weighted by Gasteiger charge is 2.14. The summed E-state index contributed by atoms with van der Waals surface area (Å²) in [4.78, 5) is 0.